The van der Waals surface area contributed by atoms with E-state index in [0.717, 1.165) is 25.0 Å². The molecule has 1 aliphatic carbocycles. The summed E-state index contributed by atoms with van der Waals surface area (Å²) in [6.45, 7) is 0.260. The van der Waals surface area contributed by atoms with Crippen molar-refractivity contribution >= 4 is 5.78 Å². The summed E-state index contributed by atoms with van der Waals surface area (Å²) >= 11 is 0. The van der Waals surface area contributed by atoms with Gasteiger partial charge in [0.1, 0.15) is 0 Å². The number of benzene rings is 1. The third-order valence-electron chi connectivity index (χ3n) is 3.83. The third-order valence-corrected chi connectivity index (χ3v) is 3.83. The maximum Gasteiger partial charge on any atom is 0.176 e. The first-order valence-electron chi connectivity index (χ1n) is 6.76. The van der Waals surface area contributed by atoms with Crippen molar-refractivity contribution < 1.29 is 13.6 Å². The third kappa shape index (κ3) is 3.60. The van der Waals surface area contributed by atoms with Crippen LogP contribution in [0.25, 0.3) is 0 Å². The Labute approximate surface area is 112 Å². The first-order chi connectivity index (χ1) is 9.08. The van der Waals surface area contributed by atoms with Crippen molar-refractivity contribution in [3.05, 3.63) is 35.4 Å². The van der Waals surface area contributed by atoms with Crippen LogP contribution in [-0.2, 0) is 0 Å². The van der Waals surface area contributed by atoms with Crippen molar-refractivity contribution in [1.82, 2.24) is 4.90 Å². The molecule has 0 unspecified atom stereocenters. The van der Waals surface area contributed by atoms with E-state index in [2.05, 4.69) is 0 Å². The predicted molar refractivity (Wildman–Crippen MR) is 70.2 cm³/mol. The molecule has 1 aromatic rings. The summed E-state index contributed by atoms with van der Waals surface area (Å²) in [6, 6.07) is 3.76. The van der Waals surface area contributed by atoms with E-state index in [9.17, 15) is 13.6 Å². The standard InChI is InChI=1S/C15H19F2NO/c1-18(12-5-3-2-4-6-12)10-15(19)11-7-8-13(16)14(17)9-11/h7-9,12H,2-6,10H2,1H3. The van der Waals surface area contributed by atoms with Gasteiger partial charge in [-0.1, -0.05) is 19.3 Å². The van der Waals surface area contributed by atoms with E-state index in [1.807, 2.05) is 11.9 Å². The molecule has 0 aromatic heterocycles. The zero-order valence-electron chi connectivity index (χ0n) is 11.2. The van der Waals surface area contributed by atoms with E-state index in [0.29, 0.717) is 6.04 Å². The molecule has 0 aliphatic heterocycles. The summed E-state index contributed by atoms with van der Waals surface area (Å²) in [5, 5.41) is 0. The lowest BCUT2D eigenvalue weighted by atomic mass is 9.94. The quantitative estimate of drug-likeness (QED) is 0.779. The zero-order valence-corrected chi connectivity index (χ0v) is 11.2. The van der Waals surface area contributed by atoms with Crippen LogP contribution in [-0.4, -0.2) is 30.3 Å². The van der Waals surface area contributed by atoms with Crippen LogP contribution in [0, 0.1) is 11.6 Å². The molecule has 0 heterocycles. The lowest BCUT2D eigenvalue weighted by Gasteiger charge is -2.30. The van der Waals surface area contributed by atoms with Gasteiger partial charge in [-0.25, -0.2) is 8.78 Å². The predicted octanol–water partition coefficient (Wildman–Crippen LogP) is 3.41. The van der Waals surface area contributed by atoms with Crippen LogP contribution in [0.5, 0.6) is 0 Å². The molecule has 0 bridgehead atoms. The van der Waals surface area contributed by atoms with Gasteiger partial charge in [0.15, 0.2) is 17.4 Å². The summed E-state index contributed by atoms with van der Waals surface area (Å²) in [4.78, 5) is 14.1. The molecule has 1 aromatic carbocycles. The number of hydrogen-bond acceptors (Lipinski definition) is 2. The SMILES string of the molecule is CN(CC(=O)c1ccc(F)c(F)c1)C1CCCCC1. The Bertz CT molecular complexity index is 455. The first kappa shape index (κ1) is 14.1. The maximum absolute atomic E-state index is 13.1. The van der Waals surface area contributed by atoms with Crippen molar-refractivity contribution in [2.24, 2.45) is 0 Å². The molecule has 1 saturated carbocycles. The fourth-order valence-electron chi connectivity index (χ4n) is 2.64. The van der Waals surface area contributed by atoms with Gasteiger partial charge in [0.25, 0.3) is 0 Å². The molecule has 1 fully saturated rings. The monoisotopic (exact) mass is 267 g/mol. The minimum Gasteiger partial charge on any atom is -0.296 e. The van der Waals surface area contributed by atoms with Gasteiger partial charge in [-0.2, -0.15) is 0 Å². The summed E-state index contributed by atoms with van der Waals surface area (Å²) < 4.78 is 25.9. The summed E-state index contributed by atoms with van der Waals surface area (Å²) in [5.74, 6) is -2.05. The van der Waals surface area contributed by atoms with Crippen molar-refractivity contribution in [2.45, 2.75) is 38.1 Å². The zero-order chi connectivity index (χ0) is 13.8. The Morgan fingerprint density at radius 3 is 2.53 bits per heavy atom. The molecule has 0 saturated heterocycles. The van der Waals surface area contributed by atoms with E-state index in [1.165, 1.54) is 25.3 Å². The van der Waals surface area contributed by atoms with Crippen molar-refractivity contribution in [3.8, 4) is 0 Å². The fraction of sp³-hybridized carbons (Fsp3) is 0.533. The number of halogens is 2. The van der Waals surface area contributed by atoms with Crippen LogP contribution in [0.2, 0.25) is 0 Å². The lowest BCUT2D eigenvalue weighted by molar-refractivity contribution is 0.0899. The van der Waals surface area contributed by atoms with Gasteiger partial charge in [-0.15, -0.1) is 0 Å². The van der Waals surface area contributed by atoms with E-state index in [-0.39, 0.29) is 17.9 Å². The number of ketones is 1. The molecule has 19 heavy (non-hydrogen) atoms. The number of likely N-dealkylation sites (N-methyl/N-ethyl adjacent to an activating group) is 1. The summed E-state index contributed by atoms with van der Waals surface area (Å²) in [5.41, 5.74) is 0.238. The van der Waals surface area contributed by atoms with E-state index >= 15 is 0 Å². The molecule has 0 atom stereocenters. The van der Waals surface area contributed by atoms with Gasteiger partial charge in [0, 0.05) is 11.6 Å². The number of carbonyl (C=O) groups is 1. The topological polar surface area (TPSA) is 20.3 Å². The van der Waals surface area contributed by atoms with Crippen LogP contribution in [0.15, 0.2) is 18.2 Å². The average molecular weight is 267 g/mol. The molecule has 4 heteroatoms. The number of carbonyl (C=O) groups excluding carboxylic acids is 1. The van der Waals surface area contributed by atoms with E-state index < -0.39 is 11.6 Å². The van der Waals surface area contributed by atoms with Gasteiger partial charge in [-0.05, 0) is 38.1 Å². The average Bonchev–Trinajstić information content (AvgIpc) is 2.42. The second-order valence-corrected chi connectivity index (χ2v) is 5.26. The van der Waals surface area contributed by atoms with Gasteiger partial charge >= 0.3 is 0 Å². The highest BCUT2D eigenvalue weighted by Gasteiger charge is 2.20. The highest BCUT2D eigenvalue weighted by atomic mass is 19.2. The highest BCUT2D eigenvalue weighted by Crippen LogP contribution is 2.21. The Balaban J connectivity index is 1.97. The van der Waals surface area contributed by atoms with Gasteiger partial charge in [-0.3, -0.25) is 9.69 Å². The number of hydrogen-bond donors (Lipinski definition) is 0. The molecule has 2 rings (SSSR count). The summed E-state index contributed by atoms with van der Waals surface area (Å²) in [7, 11) is 1.92. The van der Waals surface area contributed by atoms with Gasteiger partial charge in [0.2, 0.25) is 0 Å². The largest absolute Gasteiger partial charge is 0.296 e. The van der Waals surface area contributed by atoms with Gasteiger partial charge < -0.3 is 0 Å². The van der Waals surface area contributed by atoms with Crippen LogP contribution in [0.3, 0.4) is 0 Å². The normalized spacial score (nSPS) is 16.8. The minimum atomic E-state index is -0.967. The molecule has 104 valence electrons. The molecular formula is C15H19F2NO. The van der Waals surface area contributed by atoms with Gasteiger partial charge in [0.05, 0.1) is 6.54 Å². The molecule has 0 radical (unpaired) electrons. The molecule has 0 amide bonds. The molecule has 0 N–H and O–H groups in total. The lowest BCUT2D eigenvalue weighted by Crippen LogP contribution is -2.37. The molecular weight excluding hydrogens is 248 g/mol. The maximum atomic E-state index is 13.1. The number of rotatable bonds is 4. The molecule has 1 aliphatic rings. The second-order valence-electron chi connectivity index (χ2n) is 5.26. The van der Waals surface area contributed by atoms with E-state index in [4.69, 9.17) is 0 Å². The van der Waals surface area contributed by atoms with Crippen molar-refractivity contribution in [3.63, 3.8) is 0 Å². The summed E-state index contributed by atoms with van der Waals surface area (Å²) in [6.07, 6.45) is 5.90. The van der Waals surface area contributed by atoms with Crippen LogP contribution in [0.4, 0.5) is 8.78 Å². The van der Waals surface area contributed by atoms with Crippen molar-refractivity contribution in [1.29, 1.82) is 0 Å². The van der Waals surface area contributed by atoms with Crippen LogP contribution in [0.1, 0.15) is 42.5 Å². The highest BCUT2D eigenvalue weighted by molar-refractivity contribution is 5.97. The van der Waals surface area contributed by atoms with Crippen LogP contribution >= 0.6 is 0 Å². The first-order valence-corrected chi connectivity index (χ1v) is 6.76. The molecule has 2 nitrogen and oxygen atoms in total. The Kier molecular flexibility index (Phi) is 4.64. The number of Topliss-reactive ketones (excluding diaryl/α,β-unsaturated/α-hetero) is 1. The van der Waals surface area contributed by atoms with Crippen LogP contribution < -0.4 is 0 Å². The minimum absolute atomic E-state index is 0.160. The smallest absolute Gasteiger partial charge is 0.176 e. The Hall–Kier alpha value is -1.29. The fourth-order valence-corrected chi connectivity index (χ4v) is 2.64. The van der Waals surface area contributed by atoms with Crippen molar-refractivity contribution in [2.75, 3.05) is 13.6 Å². The number of nitrogens with zero attached hydrogens (tertiary/aromatic N) is 1. The van der Waals surface area contributed by atoms with E-state index in [1.54, 1.807) is 0 Å². The molecule has 0 spiro atoms. The Morgan fingerprint density at radius 2 is 1.89 bits per heavy atom. The Morgan fingerprint density at radius 1 is 1.21 bits per heavy atom. The second kappa shape index (κ2) is 6.24.